The summed E-state index contributed by atoms with van der Waals surface area (Å²) in [6, 6.07) is 14.3. The molecule has 0 bridgehead atoms. The van der Waals surface area contributed by atoms with E-state index in [0.717, 1.165) is 30.9 Å². The molecule has 0 saturated heterocycles. The topological polar surface area (TPSA) is 35.2 Å². The zero-order chi connectivity index (χ0) is 13.7. The number of nitrogens with two attached hydrogens (primary N) is 1. The van der Waals surface area contributed by atoms with Gasteiger partial charge < -0.3 is 10.5 Å². The highest BCUT2D eigenvalue weighted by Crippen LogP contribution is 2.19. The highest BCUT2D eigenvalue weighted by Gasteiger charge is 2.00. The summed E-state index contributed by atoms with van der Waals surface area (Å²) >= 11 is 0. The second-order valence-electron chi connectivity index (χ2n) is 4.97. The van der Waals surface area contributed by atoms with E-state index in [0.29, 0.717) is 0 Å². The van der Waals surface area contributed by atoms with Gasteiger partial charge in [0.25, 0.3) is 0 Å². The fourth-order valence-electron chi connectivity index (χ4n) is 2.07. The summed E-state index contributed by atoms with van der Waals surface area (Å²) in [5.41, 5.74) is 10.3. The Morgan fingerprint density at radius 2 is 1.89 bits per heavy atom. The molecule has 2 nitrogen and oxygen atoms in total. The molecule has 0 aromatic heterocycles. The molecule has 0 radical (unpaired) electrons. The molecule has 0 heterocycles. The fraction of sp³-hybridized carbons (Fsp3) is 0.294. The van der Waals surface area contributed by atoms with Crippen LogP contribution in [0, 0.1) is 13.8 Å². The largest absolute Gasteiger partial charge is 0.493 e. The van der Waals surface area contributed by atoms with Crippen LogP contribution in [0.1, 0.15) is 23.1 Å². The Hall–Kier alpha value is -1.96. The minimum absolute atomic E-state index is 0.735. The maximum absolute atomic E-state index is 5.84. The van der Waals surface area contributed by atoms with E-state index >= 15 is 0 Å². The predicted molar refractivity (Wildman–Crippen MR) is 80.6 cm³/mol. The van der Waals surface area contributed by atoms with Crippen molar-refractivity contribution in [2.24, 2.45) is 0 Å². The number of benzene rings is 2. The first kappa shape index (κ1) is 13.5. The first-order valence-electron chi connectivity index (χ1n) is 6.69. The van der Waals surface area contributed by atoms with Gasteiger partial charge in [0.05, 0.1) is 6.61 Å². The lowest BCUT2D eigenvalue weighted by atomic mass is 10.1. The Labute approximate surface area is 115 Å². The summed E-state index contributed by atoms with van der Waals surface area (Å²) in [4.78, 5) is 0. The zero-order valence-electron chi connectivity index (χ0n) is 11.6. The average Bonchev–Trinajstić information content (AvgIpc) is 2.39. The lowest BCUT2D eigenvalue weighted by Gasteiger charge is -2.10. The van der Waals surface area contributed by atoms with Crippen LogP contribution in [0.4, 0.5) is 5.69 Å². The van der Waals surface area contributed by atoms with Crippen molar-refractivity contribution >= 4 is 5.69 Å². The number of hydrogen-bond acceptors (Lipinski definition) is 2. The van der Waals surface area contributed by atoms with Gasteiger partial charge in [-0.05, 0) is 61.6 Å². The SMILES string of the molecule is Cc1ccc(C)c(OCCCc2cccc(N)c2)c1. The highest BCUT2D eigenvalue weighted by molar-refractivity contribution is 5.40. The molecular formula is C17H21NO. The van der Waals surface area contributed by atoms with E-state index in [1.54, 1.807) is 0 Å². The smallest absolute Gasteiger partial charge is 0.122 e. The van der Waals surface area contributed by atoms with Gasteiger partial charge in [0, 0.05) is 5.69 Å². The van der Waals surface area contributed by atoms with Gasteiger partial charge in [-0.1, -0.05) is 24.3 Å². The van der Waals surface area contributed by atoms with Gasteiger partial charge in [0.15, 0.2) is 0 Å². The van der Waals surface area contributed by atoms with E-state index in [1.165, 1.54) is 16.7 Å². The van der Waals surface area contributed by atoms with Crippen molar-refractivity contribution in [1.82, 2.24) is 0 Å². The second-order valence-corrected chi connectivity index (χ2v) is 4.97. The fourth-order valence-corrected chi connectivity index (χ4v) is 2.07. The molecule has 2 N–H and O–H groups in total. The van der Waals surface area contributed by atoms with Crippen LogP contribution >= 0.6 is 0 Å². The number of anilines is 1. The van der Waals surface area contributed by atoms with Gasteiger partial charge in [-0.15, -0.1) is 0 Å². The highest BCUT2D eigenvalue weighted by atomic mass is 16.5. The van der Waals surface area contributed by atoms with Crippen LogP contribution in [0.15, 0.2) is 42.5 Å². The number of ether oxygens (including phenoxy) is 1. The Kier molecular flexibility index (Phi) is 4.45. The minimum Gasteiger partial charge on any atom is -0.493 e. The number of nitrogen functional groups attached to an aromatic ring is 1. The lowest BCUT2D eigenvalue weighted by Crippen LogP contribution is -2.01. The van der Waals surface area contributed by atoms with Crippen molar-refractivity contribution in [2.75, 3.05) is 12.3 Å². The quantitative estimate of drug-likeness (QED) is 0.649. The van der Waals surface area contributed by atoms with Crippen LogP contribution in [0.2, 0.25) is 0 Å². The molecular weight excluding hydrogens is 234 g/mol. The van der Waals surface area contributed by atoms with Crippen LogP contribution in [-0.4, -0.2) is 6.61 Å². The zero-order valence-corrected chi connectivity index (χ0v) is 11.6. The summed E-state index contributed by atoms with van der Waals surface area (Å²) in [5, 5.41) is 0. The molecule has 0 aliphatic carbocycles. The molecule has 0 atom stereocenters. The summed E-state index contributed by atoms with van der Waals surface area (Å²) in [7, 11) is 0. The normalized spacial score (nSPS) is 10.4. The monoisotopic (exact) mass is 255 g/mol. The maximum Gasteiger partial charge on any atom is 0.122 e. The minimum atomic E-state index is 0.735. The van der Waals surface area contributed by atoms with Crippen molar-refractivity contribution in [1.29, 1.82) is 0 Å². The third-order valence-corrected chi connectivity index (χ3v) is 3.16. The molecule has 0 fully saturated rings. The molecule has 2 rings (SSSR count). The van der Waals surface area contributed by atoms with Gasteiger partial charge in [0.1, 0.15) is 5.75 Å². The van der Waals surface area contributed by atoms with Crippen molar-refractivity contribution in [3.05, 3.63) is 59.2 Å². The van der Waals surface area contributed by atoms with Crippen molar-refractivity contribution in [3.8, 4) is 5.75 Å². The Balaban J connectivity index is 1.82. The van der Waals surface area contributed by atoms with Crippen LogP contribution in [0.25, 0.3) is 0 Å². The molecule has 19 heavy (non-hydrogen) atoms. The molecule has 2 aromatic rings. The predicted octanol–water partition coefficient (Wildman–Crippen LogP) is 3.90. The van der Waals surface area contributed by atoms with Gasteiger partial charge in [-0.25, -0.2) is 0 Å². The summed E-state index contributed by atoms with van der Waals surface area (Å²) in [5.74, 6) is 0.993. The van der Waals surface area contributed by atoms with Crippen molar-refractivity contribution < 1.29 is 4.74 Å². The molecule has 0 aliphatic rings. The molecule has 0 spiro atoms. The summed E-state index contributed by atoms with van der Waals surface area (Å²) in [6.45, 7) is 4.89. The van der Waals surface area contributed by atoms with Gasteiger partial charge in [-0.2, -0.15) is 0 Å². The van der Waals surface area contributed by atoms with Gasteiger partial charge in [-0.3, -0.25) is 0 Å². The first-order chi connectivity index (χ1) is 9.15. The maximum atomic E-state index is 5.84. The van der Waals surface area contributed by atoms with Crippen LogP contribution in [0.5, 0.6) is 5.75 Å². The molecule has 0 unspecified atom stereocenters. The lowest BCUT2D eigenvalue weighted by molar-refractivity contribution is 0.309. The van der Waals surface area contributed by atoms with E-state index < -0.39 is 0 Å². The second kappa shape index (κ2) is 6.28. The average molecular weight is 255 g/mol. The van der Waals surface area contributed by atoms with Crippen LogP contribution in [-0.2, 0) is 6.42 Å². The third kappa shape index (κ3) is 4.02. The summed E-state index contributed by atoms with van der Waals surface area (Å²) in [6.07, 6.45) is 1.99. The van der Waals surface area contributed by atoms with Gasteiger partial charge in [0.2, 0.25) is 0 Å². The molecule has 0 saturated carbocycles. The molecule has 0 amide bonds. The Morgan fingerprint density at radius 1 is 1.05 bits per heavy atom. The van der Waals surface area contributed by atoms with Crippen molar-refractivity contribution in [3.63, 3.8) is 0 Å². The molecule has 2 heteroatoms. The molecule has 2 aromatic carbocycles. The summed E-state index contributed by atoms with van der Waals surface area (Å²) < 4.78 is 5.84. The van der Waals surface area contributed by atoms with Crippen LogP contribution in [0.3, 0.4) is 0 Å². The van der Waals surface area contributed by atoms with Crippen LogP contribution < -0.4 is 10.5 Å². The van der Waals surface area contributed by atoms with Gasteiger partial charge >= 0.3 is 0 Å². The van der Waals surface area contributed by atoms with E-state index in [9.17, 15) is 0 Å². The van der Waals surface area contributed by atoms with E-state index in [-0.39, 0.29) is 0 Å². The van der Waals surface area contributed by atoms with E-state index in [1.807, 2.05) is 18.2 Å². The standard InChI is InChI=1S/C17H21NO/c1-13-8-9-14(2)17(11-13)19-10-4-6-15-5-3-7-16(18)12-15/h3,5,7-9,11-12H,4,6,10,18H2,1-2H3. The molecule has 0 aliphatic heterocycles. The van der Waals surface area contributed by atoms with E-state index in [4.69, 9.17) is 10.5 Å². The molecule has 100 valence electrons. The van der Waals surface area contributed by atoms with Crippen molar-refractivity contribution in [2.45, 2.75) is 26.7 Å². The Morgan fingerprint density at radius 3 is 2.68 bits per heavy atom. The number of aryl methyl sites for hydroxylation is 3. The number of rotatable bonds is 5. The van der Waals surface area contributed by atoms with E-state index in [2.05, 4.69) is 38.1 Å². The first-order valence-corrected chi connectivity index (χ1v) is 6.69. The Bertz CT molecular complexity index is 549. The number of hydrogen-bond donors (Lipinski definition) is 1. The third-order valence-electron chi connectivity index (χ3n) is 3.16.